The lowest BCUT2D eigenvalue weighted by atomic mass is 10.0. The number of nitrogens with zero attached hydrogens (tertiary/aromatic N) is 3. The van der Waals surface area contributed by atoms with Gasteiger partial charge in [0.05, 0.1) is 5.69 Å². The molecule has 2 heterocycles. The van der Waals surface area contributed by atoms with Crippen molar-refractivity contribution in [3.8, 4) is 0 Å². The zero-order chi connectivity index (χ0) is 16.7. The van der Waals surface area contributed by atoms with Gasteiger partial charge >= 0.3 is 0 Å². The molecule has 5 nitrogen and oxygen atoms in total. The Labute approximate surface area is 140 Å². The van der Waals surface area contributed by atoms with E-state index in [1.807, 2.05) is 18.2 Å². The minimum atomic E-state index is -0.595. The van der Waals surface area contributed by atoms with Crippen molar-refractivity contribution >= 4 is 11.6 Å². The molecule has 1 aliphatic carbocycles. The van der Waals surface area contributed by atoms with Crippen molar-refractivity contribution in [2.75, 3.05) is 11.4 Å². The number of hydrogen-bond acceptors (Lipinski definition) is 3. The van der Waals surface area contributed by atoms with Crippen molar-refractivity contribution in [3.63, 3.8) is 0 Å². The lowest BCUT2D eigenvalue weighted by Crippen LogP contribution is -2.42. The number of fused-ring (bicyclic) bond motifs is 1. The summed E-state index contributed by atoms with van der Waals surface area (Å²) < 4.78 is 1.35. The van der Waals surface area contributed by atoms with Gasteiger partial charge in [-0.1, -0.05) is 18.2 Å². The van der Waals surface area contributed by atoms with E-state index in [9.17, 15) is 9.59 Å². The SMILES string of the molecule is CC(C(=O)N1CCCc2ccccc21)n1nc(C2CC2)ccc1=O. The largest absolute Gasteiger partial charge is 0.310 e. The van der Waals surface area contributed by atoms with E-state index in [0.717, 1.165) is 37.1 Å². The minimum Gasteiger partial charge on any atom is -0.310 e. The molecule has 1 aromatic heterocycles. The van der Waals surface area contributed by atoms with Gasteiger partial charge in [-0.25, -0.2) is 4.68 Å². The average molecular weight is 323 g/mol. The monoisotopic (exact) mass is 323 g/mol. The molecule has 2 aromatic rings. The van der Waals surface area contributed by atoms with Crippen LogP contribution in [0.25, 0.3) is 0 Å². The highest BCUT2D eigenvalue weighted by atomic mass is 16.2. The maximum absolute atomic E-state index is 13.0. The molecule has 0 spiro atoms. The third-order valence-electron chi connectivity index (χ3n) is 4.94. The molecule has 0 bridgehead atoms. The molecule has 1 amide bonds. The first kappa shape index (κ1) is 15.1. The van der Waals surface area contributed by atoms with Gasteiger partial charge in [0, 0.05) is 24.2 Å². The molecule has 1 fully saturated rings. The molecular weight excluding hydrogens is 302 g/mol. The zero-order valence-corrected chi connectivity index (χ0v) is 13.8. The Morgan fingerprint density at radius 3 is 2.79 bits per heavy atom. The van der Waals surface area contributed by atoms with Crippen LogP contribution in [0.2, 0.25) is 0 Å². The van der Waals surface area contributed by atoms with Gasteiger partial charge in [-0.3, -0.25) is 9.59 Å². The smallest absolute Gasteiger partial charge is 0.267 e. The van der Waals surface area contributed by atoms with E-state index in [0.29, 0.717) is 12.5 Å². The Morgan fingerprint density at radius 1 is 1.21 bits per heavy atom. The predicted molar refractivity (Wildman–Crippen MR) is 92.3 cm³/mol. The molecule has 1 aliphatic heterocycles. The lowest BCUT2D eigenvalue weighted by molar-refractivity contribution is -0.121. The molecule has 1 saturated carbocycles. The molecule has 0 radical (unpaired) electrons. The van der Waals surface area contributed by atoms with Crippen LogP contribution in [0.1, 0.15) is 49.4 Å². The number of aryl methyl sites for hydroxylation is 1. The number of carbonyl (C=O) groups is 1. The van der Waals surface area contributed by atoms with Gasteiger partial charge in [0.25, 0.3) is 11.5 Å². The molecule has 2 aliphatic rings. The molecular formula is C19H21N3O2. The summed E-state index contributed by atoms with van der Waals surface area (Å²) in [5.74, 6) is 0.388. The second kappa shape index (κ2) is 5.89. The number of hydrogen-bond donors (Lipinski definition) is 0. The van der Waals surface area contributed by atoms with Gasteiger partial charge in [-0.05, 0) is 50.3 Å². The highest BCUT2D eigenvalue weighted by Gasteiger charge is 2.30. The normalized spacial score (nSPS) is 18.1. The van der Waals surface area contributed by atoms with Crippen molar-refractivity contribution in [3.05, 3.63) is 58.0 Å². The van der Waals surface area contributed by atoms with Gasteiger partial charge < -0.3 is 4.90 Å². The van der Waals surface area contributed by atoms with Crippen molar-refractivity contribution < 1.29 is 4.79 Å². The average Bonchev–Trinajstić information content (AvgIpc) is 3.45. The Balaban J connectivity index is 1.66. The lowest BCUT2D eigenvalue weighted by Gasteiger charge is -2.31. The number of carbonyl (C=O) groups excluding carboxylic acids is 1. The summed E-state index contributed by atoms with van der Waals surface area (Å²) in [6, 6.07) is 10.7. The van der Waals surface area contributed by atoms with E-state index in [-0.39, 0.29) is 11.5 Å². The fraction of sp³-hybridized carbons (Fsp3) is 0.421. The Morgan fingerprint density at radius 2 is 2.00 bits per heavy atom. The van der Waals surface area contributed by atoms with Crippen LogP contribution in [0, 0.1) is 0 Å². The second-order valence-electron chi connectivity index (χ2n) is 6.71. The van der Waals surface area contributed by atoms with E-state index in [2.05, 4.69) is 11.2 Å². The van der Waals surface area contributed by atoms with Crippen molar-refractivity contribution in [1.82, 2.24) is 9.78 Å². The number of anilines is 1. The van der Waals surface area contributed by atoms with Crippen LogP contribution >= 0.6 is 0 Å². The summed E-state index contributed by atoms with van der Waals surface area (Å²) in [5.41, 5.74) is 2.86. The quantitative estimate of drug-likeness (QED) is 0.872. The maximum atomic E-state index is 13.0. The predicted octanol–water partition coefficient (Wildman–Crippen LogP) is 2.66. The summed E-state index contributed by atoms with van der Waals surface area (Å²) in [6.45, 7) is 2.46. The first-order valence-electron chi connectivity index (χ1n) is 8.64. The van der Waals surface area contributed by atoms with Gasteiger partial charge in [0.15, 0.2) is 0 Å². The van der Waals surface area contributed by atoms with E-state index >= 15 is 0 Å². The Hall–Kier alpha value is -2.43. The maximum Gasteiger partial charge on any atom is 0.267 e. The fourth-order valence-electron chi connectivity index (χ4n) is 3.41. The number of aromatic nitrogens is 2. The van der Waals surface area contributed by atoms with E-state index in [1.165, 1.54) is 16.3 Å². The van der Waals surface area contributed by atoms with E-state index in [4.69, 9.17) is 0 Å². The number of amides is 1. The van der Waals surface area contributed by atoms with Gasteiger partial charge in [-0.15, -0.1) is 0 Å². The van der Waals surface area contributed by atoms with Crippen molar-refractivity contribution in [2.45, 2.75) is 44.6 Å². The first-order valence-corrected chi connectivity index (χ1v) is 8.64. The molecule has 1 aromatic carbocycles. The molecule has 1 unspecified atom stereocenters. The van der Waals surface area contributed by atoms with Crippen LogP contribution in [0.4, 0.5) is 5.69 Å². The topological polar surface area (TPSA) is 55.2 Å². The number of para-hydroxylation sites is 1. The zero-order valence-electron chi connectivity index (χ0n) is 13.8. The van der Waals surface area contributed by atoms with E-state index < -0.39 is 6.04 Å². The van der Waals surface area contributed by atoms with Crippen LogP contribution in [0.3, 0.4) is 0 Å². The highest BCUT2D eigenvalue weighted by molar-refractivity contribution is 5.96. The van der Waals surface area contributed by atoms with Crippen LogP contribution in [-0.4, -0.2) is 22.2 Å². The standard InChI is InChI=1S/C19H21N3O2/c1-13(22-18(23)11-10-16(20-22)14-8-9-14)19(24)21-12-4-6-15-5-2-3-7-17(15)21/h2-3,5,7,10-11,13-14H,4,6,8-9,12H2,1H3. The van der Waals surface area contributed by atoms with Crippen molar-refractivity contribution in [2.24, 2.45) is 0 Å². The second-order valence-corrected chi connectivity index (χ2v) is 6.71. The summed E-state index contributed by atoms with van der Waals surface area (Å²) in [7, 11) is 0. The molecule has 0 saturated heterocycles. The third kappa shape index (κ3) is 2.64. The van der Waals surface area contributed by atoms with Crippen LogP contribution in [0.15, 0.2) is 41.2 Å². The van der Waals surface area contributed by atoms with Gasteiger partial charge in [0.1, 0.15) is 6.04 Å². The van der Waals surface area contributed by atoms with E-state index in [1.54, 1.807) is 17.9 Å². The molecule has 0 N–H and O–H groups in total. The fourth-order valence-corrected chi connectivity index (χ4v) is 3.41. The highest BCUT2D eigenvalue weighted by Crippen LogP contribution is 2.38. The van der Waals surface area contributed by atoms with Gasteiger partial charge in [0.2, 0.25) is 0 Å². The summed E-state index contributed by atoms with van der Waals surface area (Å²) in [5, 5.41) is 4.46. The minimum absolute atomic E-state index is 0.0651. The first-order chi connectivity index (χ1) is 11.6. The van der Waals surface area contributed by atoms with Crippen LogP contribution in [0.5, 0.6) is 0 Å². The third-order valence-corrected chi connectivity index (χ3v) is 4.94. The van der Waals surface area contributed by atoms with Crippen molar-refractivity contribution in [1.29, 1.82) is 0 Å². The number of rotatable bonds is 3. The molecule has 4 rings (SSSR count). The Bertz CT molecular complexity index is 839. The van der Waals surface area contributed by atoms with Gasteiger partial charge in [-0.2, -0.15) is 5.10 Å². The molecule has 124 valence electrons. The molecule has 24 heavy (non-hydrogen) atoms. The Kier molecular flexibility index (Phi) is 3.71. The summed E-state index contributed by atoms with van der Waals surface area (Å²) >= 11 is 0. The number of benzene rings is 1. The van der Waals surface area contributed by atoms with Crippen LogP contribution in [-0.2, 0) is 11.2 Å². The summed E-state index contributed by atoms with van der Waals surface area (Å²) in [6.07, 6.45) is 4.17. The van der Waals surface area contributed by atoms with Crippen LogP contribution < -0.4 is 10.5 Å². The molecule has 5 heteroatoms. The summed E-state index contributed by atoms with van der Waals surface area (Å²) in [4.78, 5) is 27.1. The molecule has 1 atom stereocenters.